The van der Waals surface area contributed by atoms with Gasteiger partial charge in [0.25, 0.3) is 0 Å². The van der Waals surface area contributed by atoms with Crippen LogP contribution in [0.4, 0.5) is 30.2 Å². The number of piperazine rings is 1. The van der Waals surface area contributed by atoms with Crippen LogP contribution in [0.25, 0.3) is 11.0 Å². The molecule has 0 saturated carbocycles. The summed E-state index contributed by atoms with van der Waals surface area (Å²) >= 11 is 0. The van der Waals surface area contributed by atoms with Gasteiger partial charge in [0.2, 0.25) is 11.8 Å². The molecule has 0 aliphatic carbocycles. The number of imidazole rings is 1. The predicted molar refractivity (Wildman–Crippen MR) is 223 cm³/mol. The van der Waals surface area contributed by atoms with E-state index in [9.17, 15) is 27.6 Å². The zero-order valence-electron chi connectivity index (χ0n) is 34.2. The van der Waals surface area contributed by atoms with Crippen LogP contribution in [-0.4, -0.2) is 84.8 Å². The van der Waals surface area contributed by atoms with Gasteiger partial charge in [0, 0.05) is 89.4 Å². The molecule has 10 nitrogen and oxygen atoms in total. The molecule has 4 fully saturated rings. The maximum atomic E-state index is 14.0. The first-order valence-electron chi connectivity index (χ1n) is 21.0. The van der Waals surface area contributed by atoms with Gasteiger partial charge >= 0.3 is 11.9 Å². The Balaban J connectivity index is 0.799. The SMILES string of the molecule is Cn1c(=O)n(C2CCC(=O)NC2=O)c2ccc(N3CCN(CC4CCN(c5ccc(C6CCN(c7ccc(C(C)(C)C)c(C(F)(F)F)c7)CC6)cc5)CC4)CC3)cc21. The molecular weight excluding hydrogens is 744 g/mol. The summed E-state index contributed by atoms with van der Waals surface area (Å²) in [4.78, 5) is 47.1. The maximum absolute atomic E-state index is 14.0. The molecule has 1 aromatic heterocycles. The van der Waals surface area contributed by atoms with Crippen molar-refractivity contribution in [3.05, 3.63) is 87.8 Å². The van der Waals surface area contributed by atoms with Crippen LogP contribution in [0.5, 0.6) is 0 Å². The summed E-state index contributed by atoms with van der Waals surface area (Å²) < 4.78 is 45.2. The molecule has 310 valence electrons. The molecule has 1 atom stereocenters. The van der Waals surface area contributed by atoms with E-state index in [1.165, 1.54) is 21.9 Å². The summed E-state index contributed by atoms with van der Waals surface area (Å²) in [5.41, 5.74) is 4.76. The van der Waals surface area contributed by atoms with Gasteiger partial charge in [-0.05, 0) is 103 Å². The normalized spacial score (nSPS) is 20.9. The van der Waals surface area contributed by atoms with Gasteiger partial charge in [-0.3, -0.25) is 28.9 Å². The van der Waals surface area contributed by atoms with Crippen molar-refractivity contribution in [2.75, 3.05) is 73.6 Å². The number of benzene rings is 3. The van der Waals surface area contributed by atoms with Gasteiger partial charge in [-0.1, -0.05) is 39.0 Å². The van der Waals surface area contributed by atoms with Crippen LogP contribution >= 0.6 is 0 Å². The van der Waals surface area contributed by atoms with E-state index in [4.69, 9.17) is 0 Å². The van der Waals surface area contributed by atoms with Gasteiger partial charge in [0.05, 0.1) is 16.6 Å². The Morgan fingerprint density at radius 2 is 1.24 bits per heavy atom. The lowest BCUT2D eigenvalue weighted by Crippen LogP contribution is -2.49. The number of hydrogen-bond acceptors (Lipinski definition) is 7. The summed E-state index contributed by atoms with van der Waals surface area (Å²) in [6, 6.07) is 19.2. The topological polar surface area (TPSA) is 86.1 Å². The molecule has 2 amide bonds. The lowest BCUT2D eigenvalue weighted by Gasteiger charge is -2.40. The molecule has 58 heavy (non-hydrogen) atoms. The van der Waals surface area contributed by atoms with E-state index in [1.807, 2.05) is 45.0 Å². The van der Waals surface area contributed by atoms with E-state index in [2.05, 4.69) is 49.2 Å². The van der Waals surface area contributed by atoms with Crippen molar-refractivity contribution in [3.8, 4) is 0 Å². The molecular formula is C45H56F3N7O3. The quantitative estimate of drug-likeness (QED) is 0.201. The van der Waals surface area contributed by atoms with E-state index in [-0.39, 0.29) is 18.0 Å². The van der Waals surface area contributed by atoms with Crippen LogP contribution in [0, 0.1) is 5.92 Å². The monoisotopic (exact) mass is 799 g/mol. The molecule has 4 aliphatic heterocycles. The fourth-order valence-corrected chi connectivity index (χ4v) is 9.75. The van der Waals surface area contributed by atoms with Gasteiger partial charge in [-0.2, -0.15) is 13.2 Å². The molecule has 0 bridgehead atoms. The number of nitrogens with one attached hydrogen (secondary N) is 1. The Morgan fingerprint density at radius 1 is 0.655 bits per heavy atom. The number of anilines is 3. The van der Waals surface area contributed by atoms with E-state index >= 15 is 0 Å². The van der Waals surface area contributed by atoms with Crippen LogP contribution < -0.4 is 25.7 Å². The summed E-state index contributed by atoms with van der Waals surface area (Å²) in [5, 5.41) is 2.38. The molecule has 4 aliphatic rings. The summed E-state index contributed by atoms with van der Waals surface area (Å²) in [6.45, 7) is 13.9. The Morgan fingerprint density at radius 3 is 1.88 bits per heavy atom. The number of hydrogen-bond donors (Lipinski definition) is 1. The molecule has 1 unspecified atom stereocenters. The molecule has 1 N–H and O–H groups in total. The minimum atomic E-state index is -4.38. The number of carbonyl (C=O) groups excluding carboxylic acids is 2. The lowest BCUT2D eigenvalue weighted by atomic mass is 9.83. The second-order valence-corrected chi connectivity index (χ2v) is 17.9. The van der Waals surface area contributed by atoms with Crippen LogP contribution in [0.3, 0.4) is 0 Å². The molecule has 0 radical (unpaired) electrons. The standard InChI is InChI=1S/C45H56F3N7O3/c1-44(2,3)36-11-9-34(27-37(36)45(46,47)48)53-21-17-32(18-22-53)31-5-7-33(8-6-31)52-19-15-30(16-20-52)29-51-23-25-54(26-24-51)35-10-12-38-40(28-35)50(4)43(58)55(38)39-13-14-41(56)49-42(39)57/h5-12,27-28,30,32,39H,13-26,29H2,1-4H3,(H,49,56,57). The zero-order valence-corrected chi connectivity index (χ0v) is 34.2. The number of carbonyl (C=O) groups is 2. The number of alkyl halides is 3. The molecule has 3 aromatic carbocycles. The highest BCUT2D eigenvalue weighted by Crippen LogP contribution is 2.41. The van der Waals surface area contributed by atoms with Crippen molar-refractivity contribution in [3.63, 3.8) is 0 Å². The first kappa shape index (κ1) is 40.0. The van der Waals surface area contributed by atoms with Crippen molar-refractivity contribution in [2.45, 2.75) is 82.8 Å². The number of imide groups is 1. The number of fused-ring (bicyclic) bond motifs is 1. The first-order chi connectivity index (χ1) is 27.6. The summed E-state index contributed by atoms with van der Waals surface area (Å²) in [5.74, 6) is 0.333. The molecule has 0 spiro atoms. The number of aromatic nitrogens is 2. The number of piperidine rings is 3. The first-order valence-corrected chi connectivity index (χ1v) is 21.0. The second-order valence-electron chi connectivity index (χ2n) is 17.9. The van der Waals surface area contributed by atoms with Crippen molar-refractivity contribution in [1.82, 2.24) is 19.4 Å². The molecule has 4 saturated heterocycles. The van der Waals surface area contributed by atoms with Crippen LogP contribution in [0.1, 0.15) is 87.9 Å². The maximum Gasteiger partial charge on any atom is 0.416 e. The van der Waals surface area contributed by atoms with E-state index in [0.717, 1.165) is 95.8 Å². The number of nitrogens with zero attached hydrogens (tertiary/aromatic N) is 6. The Labute approximate surface area is 338 Å². The Hall–Kier alpha value is -4.78. The Kier molecular flexibility index (Phi) is 10.9. The van der Waals surface area contributed by atoms with E-state index < -0.39 is 29.1 Å². The van der Waals surface area contributed by atoms with Gasteiger partial charge in [0.1, 0.15) is 6.04 Å². The molecule has 4 aromatic rings. The van der Waals surface area contributed by atoms with Crippen LogP contribution in [0.2, 0.25) is 0 Å². The minimum Gasteiger partial charge on any atom is -0.372 e. The van der Waals surface area contributed by atoms with Gasteiger partial charge in [-0.15, -0.1) is 0 Å². The summed E-state index contributed by atoms with van der Waals surface area (Å²) in [6.07, 6.45) is 0.296. The van der Waals surface area contributed by atoms with Gasteiger partial charge in [-0.25, -0.2) is 4.79 Å². The fraction of sp³-hybridized carbons (Fsp3) is 0.533. The molecule has 5 heterocycles. The van der Waals surface area contributed by atoms with Gasteiger partial charge in [0.15, 0.2) is 0 Å². The smallest absolute Gasteiger partial charge is 0.372 e. The van der Waals surface area contributed by atoms with Crippen molar-refractivity contribution in [2.24, 2.45) is 13.0 Å². The number of rotatable bonds is 7. The van der Waals surface area contributed by atoms with Crippen molar-refractivity contribution < 1.29 is 22.8 Å². The van der Waals surface area contributed by atoms with Crippen molar-refractivity contribution >= 4 is 39.9 Å². The Bertz CT molecular complexity index is 2200. The lowest BCUT2D eigenvalue weighted by molar-refractivity contribution is -0.139. The fourth-order valence-electron chi connectivity index (χ4n) is 9.75. The predicted octanol–water partition coefficient (Wildman–Crippen LogP) is 7.06. The highest BCUT2D eigenvalue weighted by atomic mass is 19.4. The van der Waals surface area contributed by atoms with E-state index in [0.29, 0.717) is 35.0 Å². The largest absolute Gasteiger partial charge is 0.416 e. The third-order valence-corrected chi connectivity index (χ3v) is 13.2. The zero-order chi connectivity index (χ0) is 40.9. The van der Waals surface area contributed by atoms with Gasteiger partial charge < -0.3 is 14.7 Å². The van der Waals surface area contributed by atoms with Crippen LogP contribution in [-0.2, 0) is 28.2 Å². The number of amides is 2. The third-order valence-electron chi connectivity index (χ3n) is 13.2. The highest BCUT2D eigenvalue weighted by Gasteiger charge is 2.37. The average molecular weight is 800 g/mol. The highest BCUT2D eigenvalue weighted by molar-refractivity contribution is 6.00. The third kappa shape index (κ3) is 8.11. The minimum absolute atomic E-state index is 0.219. The average Bonchev–Trinajstić information content (AvgIpc) is 3.45. The van der Waals surface area contributed by atoms with Crippen LogP contribution in [0.15, 0.2) is 65.5 Å². The van der Waals surface area contributed by atoms with Crippen molar-refractivity contribution in [1.29, 1.82) is 0 Å². The summed E-state index contributed by atoms with van der Waals surface area (Å²) in [7, 11) is 1.73. The van der Waals surface area contributed by atoms with E-state index in [1.54, 1.807) is 17.7 Å². The molecule has 13 heteroatoms. The second kappa shape index (κ2) is 15.8. The number of aryl methyl sites for hydroxylation is 1. The molecule has 8 rings (SSSR count). The number of halogens is 3.